The molecule has 0 spiro atoms. The summed E-state index contributed by atoms with van der Waals surface area (Å²) < 4.78 is 6.68. The van der Waals surface area contributed by atoms with Gasteiger partial charge in [-0.05, 0) is 79.4 Å². The summed E-state index contributed by atoms with van der Waals surface area (Å²) >= 11 is 1.33. The second-order valence-electron chi connectivity index (χ2n) is 9.64. The van der Waals surface area contributed by atoms with Gasteiger partial charge in [-0.15, -0.1) is 0 Å². The van der Waals surface area contributed by atoms with Crippen LogP contribution in [-0.4, -0.2) is 33.0 Å². The predicted octanol–water partition coefficient (Wildman–Crippen LogP) is 5.57. The standard InChI is InChI=1S/C29H24N2O5S/c1-14-10-15(2)24-22(11-14)37-29(30-24)31-25(17-4-7-20(32)8-5-17)23(27(34)28(31)35)26(33)18-6-9-21-19(13-18)12-16(3)36-21/h4-11,13,16,25,32-33H,12H2,1-3H3/b26-23+/t16-,25+/m1/s1. The summed E-state index contributed by atoms with van der Waals surface area (Å²) in [4.78, 5) is 33.1. The van der Waals surface area contributed by atoms with Gasteiger partial charge in [0.2, 0.25) is 0 Å². The molecule has 4 aromatic rings. The van der Waals surface area contributed by atoms with Gasteiger partial charge in [0.1, 0.15) is 23.4 Å². The Morgan fingerprint density at radius 3 is 2.59 bits per heavy atom. The number of aromatic hydroxyl groups is 1. The van der Waals surface area contributed by atoms with Gasteiger partial charge in [-0.2, -0.15) is 0 Å². The fourth-order valence-corrected chi connectivity index (χ4v) is 6.36. The first-order valence-corrected chi connectivity index (χ1v) is 12.8. The number of phenolic OH excluding ortho intramolecular Hbond substituents is 1. The minimum Gasteiger partial charge on any atom is -0.508 e. The molecule has 1 fully saturated rings. The number of rotatable bonds is 3. The number of aliphatic hydroxyl groups is 1. The number of Topliss-reactive ketones (excluding diaryl/α,β-unsaturated/α-hetero) is 1. The van der Waals surface area contributed by atoms with Gasteiger partial charge in [0.15, 0.2) is 5.13 Å². The molecule has 8 heteroatoms. The molecule has 186 valence electrons. The first-order valence-electron chi connectivity index (χ1n) is 12.0. The molecule has 2 aliphatic heterocycles. The number of aromatic nitrogens is 1. The number of nitrogens with zero attached hydrogens (tertiary/aromatic N) is 2. The van der Waals surface area contributed by atoms with Crippen LogP contribution in [0.5, 0.6) is 11.5 Å². The van der Waals surface area contributed by atoms with Crippen LogP contribution < -0.4 is 9.64 Å². The molecular weight excluding hydrogens is 488 g/mol. The van der Waals surface area contributed by atoms with E-state index in [1.54, 1.807) is 30.3 Å². The second kappa shape index (κ2) is 8.45. The van der Waals surface area contributed by atoms with Crippen LogP contribution in [0.25, 0.3) is 16.0 Å². The van der Waals surface area contributed by atoms with E-state index in [9.17, 15) is 19.8 Å². The Balaban J connectivity index is 1.54. The molecule has 2 N–H and O–H groups in total. The molecule has 0 radical (unpaired) electrons. The van der Waals surface area contributed by atoms with Crippen LogP contribution in [0.3, 0.4) is 0 Å². The maximum atomic E-state index is 13.5. The number of carbonyl (C=O) groups excluding carboxylic acids is 2. The number of carbonyl (C=O) groups is 2. The predicted molar refractivity (Wildman–Crippen MR) is 142 cm³/mol. The summed E-state index contributed by atoms with van der Waals surface area (Å²) in [5.74, 6) is -0.993. The van der Waals surface area contributed by atoms with Crippen molar-refractivity contribution >= 4 is 44.1 Å². The average molecular weight is 513 g/mol. The minimum absolute atomic E-state index is 0.0187. The van der Waals surface area contributed by atoms with Gasteiger partial charge in [0, 0.05) is 12.0 Å². The Labute approximate surface area is 217 Å². The number of benzene rings is 3. The molecule has 1 aromatic heterocycles. The molecule has 0 saturated carbocycles. The Kier molecular flexibility index (Phi) is 5.31. The number of thiazole rings is 1. The highest BCUT2D eigenvalue weighted by Gasteiger charge is 2.48. The molecule has 3 aromatic carbocycles. The Bertz CT molecular complexity index is 1640. The second-order valence-corrected chi connectivity index (χ2v) is 10.6. The van der Waals surface area contributed by atoms with Crippen molar-refractivity contribution < 1.29 is 24.5 Å². The van der Waals surface area contributed by atoms with Gasteiger partial charge < -0.3 is 14.9 Å². The normalized spacial score (nSPS) is 20.5. The van der Waals surface area contributed by atoms with E-state index in [0.717, 1.165) is 32.7 Å². The first kappa shape index (κ1) is 23.2. The third kappa shape index (κ3) is 3.76. The van der Waals surface area contributed by atoms with Crippen molar-refractivity contribution in [1.29, 1.82) is 0 Å². The third-order valence-electron chi connectivity index (χ3n) is 6.85. The van der Waals surface area contributed by atoms with Crippen molar-refractivity contribution in [2.45, 2.75) is 39.3 Å². The summed E-state index contributed by atoms with van der Waals surface area (Å²) in [5.41, 5.74) is 4.75. The Morgan fingerprint density at radius 2 is 1.84 bits per heavy atom. The summed E-state index contributed by atoms with van der Waals surface area (Å²) in [6.45, 7) is 5.93. The van der Waals surface area contributed by atoms with Crippen LogP contribution in [0.4, 0.5) is 5.13 Å². The fourth-order valence-electron chi connectivity index (χ4n) is 5.19. The largest absolute Gasteiger partial charge is 0.508 e. The van der Waals surface area contributed by atoms with Gasteiger partial charge in [-0.25, -0.2) is 4.98 Å². The lowest BCUT2D eigenvalue weighted by Crippen LogP contribution is -2.29. The molecule has 0 bridgehead atoms. The number of hydrogen-bond donors (Lipinski definition) is 2. The number of aryl methyl sites for hydroxylation is 2. The van der Waals surface area contributed by atoms with Crippen LogP contribution in [0.2, 0.25) is 0 Å². The lowest BCUT2D eigenvalue weighted by Gasteiger charge is -2.23. The summed E-state index contributed by atoms with van der Waals surface area (Å²) in [5, 5.41) is 21.7. The monoisotopic (exact) mass is 512 g/mol. The lowest BCUT2D eigenvalue weighted by molar-refractivity contribution is -0.132. The van der Waals surface area contributed by atoms with Gasteiger partial charge >= 0.3 is 5.91 Å². The molecule has 6 rings (SSSR count). The number of hydrogen-bond acceptors (Lipinski definition) is 7. The number of anilines is 1. The fraction of sp³-hybridized carbons (Fsp3) is 0.207. The zero-order valence-corrected chi connectivity index (χ0v) is 21.3. The smallest absolute Gasteiger partial charge is 0.301 e. The highest BCUT2D eigenvalue weighted by Crippen LogP contribution is 2.45. The van der Waals surface area contributed by atoms with E-state index < -0.39 is 17.7 Å². The van der Waals surface area contributed by atoms with Crippen molar-refractivity contribution in [2.75, 3.05) is 4.90 Å². The average Bonchev–Trinajstić information content (AvgIpc) is 3.52. The van der Waals surface area contributed by atoms with E-state index in [2.05, 4.69) is 0 Å². The minimum atomic E-state index is -0.911. The molecule has 0 aliphatic carbocycles. The van der Waals surface area contributed by atoms with Crippen molar-refractivity contribution in [3.63, 3.8) is 0 Å². The van der Waals surface area contributed by atoms with E-state index in [1.807, 2.05) is 32.9 Å². The highest BCUT2D eigenvalue weighted by molar-refractivity contribution is 7.22. The van der Waals surface area contributed by atoms with E-state index in [-0.39, 0.29) is 23.2 Å². The molecule has 1 amide bonds. The third-order valence-corrected chi connectivity index (χ3v) is 7.85. The zero-order valence-electron chi connectivity index (χ0n) is 20.5. The van der Waals surface area contributed by atoms with Crippen LogP contribution >= 0.6 is 11.3 Å². The van der Waals surface area contributed by atoms with E-state index in [1.165, 1.54) is 28.4 Å². The Hall–Kier alpha value is -4.17. The molecule has 2 atom stereocenters. The van der Waals surface area contributed by atoms with E-state index in [0.29, 0.717) is 22.7 Å². The summed E-state index contributed by atoms with van der Waals surface area (Å²) in [6.07, 6.45) is 0.720. The number of ether oxygens (including phenoxy) is 1. The lowest BCUT2D eigenvalue weighted by atomic mass is 9.94. The first-order chi connectivity index (χ1) is 17.7. The van der Waals surface area contributed by atoms with Crippen LogP contribution in [0.1, 0.15) is 40.8 Å². The summed E-state index contributed by atoms with van der Waals surface area (Å²) in [7, 11) is 0. The van der Waals surface area contributed by atoms with Crippen LogP contribution in [-0.2, 0) is 16.0 Å². The molecule has 1 saturated heterocycles. The van der Waals surface area contributed by atoms with E-state index >= 15 is 0 Å². The molecular formula is C29H24N2O5S. The van der Waals surface area contributed by atoms with Crippen LogP contribution in [0.15, 0.2) is 60.2 Å². The number of phenols is 1. The Morgan fingerprint density at radius 1 is 1.08 bits per heavy atom. The van der Waals surface area contributed by atoms with Crippen molar-refractivity contribution in [1.82, 2.24) is 4.98 Å². The van der Waals surface area contributed by atoms with Crippen molar-refractivity contribution in [2.24, 2.45) is 0 Å². The van der Waals surface area contributed by atoms with Crippen molar-refractivity contribution in [3.05, 3.63) is 88.0 Å². The maximum Gasteiger partial charge on any atom is 0.301 e. The van der Waals surface area contributed by atoms with E-state index in [4.69, 9.17) is 9.72 Å². The number of fused-ring (bicyclic) bond motifs is 2. The van der Waals surface area contributed by atoms with Crippen molar-refractivity contribution in [3.8, 4) is 11.5 Å². The molecule has 7 nitrogen and oxygen atoms in total. The zero-order chi connectivity index (χ0) is 26.0. The number of ketones is 1. The quantitative estimate of drug-likeness (QED) is 0.212. The van der Waals surface area contributed by atoms with Gasteiger partial charge in [-0.3, -0.25) is 14.5 Å². The van der Waals surface area contributed by atoms with Gasteiger partial charge in [0.05, 0.1) is 21.8 Å². The number of aliphatic hydroxyl groups excluding tert-OH is 1. The molecule has 37 heavy (non-hydrogen) atoms. The topological polar surface area (TPSA) is 100.0 Å². The maximum absolute atomic E-state index is 13.5. The van der Waals surface area contributed by atoms with Gasteiger partial charge in [-0.1, -0.05) is 29.5 Å². The highest BCUT2D eigenvalue weighted by atomic mass is 32.1. The summed E-state index contributed by atoms with van der Waals surface area (Å²) in [6, 6.07) is 14.7. The molecule has 2 aliphatic rings. The number of amides is 1. The van der Waals surface area contributed by atoms with Gasteiger partial charge in [0.25, 0.3) is 5.78 Å². The molecule has 0 unspecified atom stereocenters. The SMILES string of the molecule is Cc1cc(C)c2nc(N3C(=O)C(=O)/C(=C(/O)c4ccc5c(c4)C[C@@H](C)O5)[C@@H]3c3ccc(O)cc3)sc2c1. The van der Waals surface area contributed by atoms with Crippen LogP contribution in [0, 0.1) is 13.8 Å². The molecule has 3 heterocycles.